The van der Waals surface area contributed by atoms with Crippen molar-refractivity contribution in [1.82, 2.24) is 15.2 Å². The molecule has 2 amide bonds. The summed E-state index contributed by atoms with van der Waals surface area (Å²) in [6.45, 7) is 8.19. The molecule has 1 aliphatic rings. The Hall–Kier alpha value is -2.25. The molecule has 1 aliphatic heterocycles. The van der Waals surface area contributed by atoms with E-state index in [1.165, 1.54) is 6.92 Å². The number of amides is 2. The van der Waals surface area contributed by atoms with E-state index >= 15 is 0 Å². The molecule has 1 aromatic heterocycles. The van der Waals surface area contributed by atoms with E-state index in [4.69, 9.17) is 0 Å². The highest BCUT2D eigenvalue weighted by atomic mass is 32.1. The lowest BCUT2D eigenvalue weighted by Gasteiger charge is -2.31. The van der Waals surface area contributed by atoms with Gasteiger partial charge in [0.2, 0.25) is 11.8 Å². The van der Waals surface area contributed by atoms with Crippen molar-refractivity contribution in [2.24, 2.45) is 5.92 Å². The highest BCUT2D eigenvalue weighted by Crippen LogP contribution is 2.22. The number of piperidine rings is 1. The van der Waals surface area contributed by atoms with Gasteiger partial charge in [-0.3, -0.25) is 14.5 Å². The van der Waals surface area contributed by atoms with E-state index in [-0.39, 0.29) is 23.8 Å². The van der Waals surface area contributed by atoms with Crippen LogP contribution in [-0.4, -0.2) is 34.8 Å². The summed E-state index contributed by atoms with van der Waals surface area (Å²) in [5.41, 5.74) is 2.85. The van der Waals surface area contributed by atoms with E-state index in [9.17, 15) is 9.59 Å². The van der Waals surface area contributed by atoms with E-state index in [2.05, 4.69) is 25.9 Å². The number of nitrogens with one attached hydrogen (secondary N) is 2. The number of thiazole rings is 1. The summed E-state index contributed by atoms with van der Waals surface area (Å²) >= 11 is 1.68. The second kappa shape index (κ2) is 9.30. The van der Waals surface area contributed by atoms with Crippen LogP contribution in [0.25, 0.3) is 0 Å². The monoisotopic (exact) mass is 400 g/mol. The van der Waals surface area contributed by atoms with Crippen LogP contribution in [0.5, 0.6) is 0 Å². The van der Waals surface area contributed by atoms with E-state index < -0.39 is 0 Å². The number of carbonyl (C=O) groups is 2. The summed E-state index contributed by atoms with van der Waals surface area (Å²) in [6, 6.07) is 7.51. The van der Waals surface area contributed by atoms with Crippen molar-refractivity contribution in [2.75, 3.05) is 18.4 Å². The minimum absolute atomic E-state index is 0.0504. The van der Waals surface area contributed by atoms with Crippen LogP contribution in [0, 0.1) is 12.8 Å². The second-order valence-corrected chi connectivity index (χ2v) is 8.51. The van der Waals surface area contributed by atoms with Crippen molar-refractivity contribution in [3.8, 4) is 0 Å². The number of nitrogens with zero attached hydrogens (tertiary/aromatic N) is 2. The lowest BCUT2D eigenvalue weighted by atomic mass is 9.95. The maximum atomic E-state index is 12.7. The Morgan fingerprint density at radius 3 is 2.71 bits per heavy atom. The van der Waals surface area contributed by atoms with Crippen molar-refractivity contribution >= 4 is 28.8 Å². The zero-order chi connectivity index (χ0) is 20.1. The molecule has 2 heterocycles. The quantitative estimate of drug-likeness (QED) is 0.778. The van der Waals surface area contributed by atoms with Crippen molar-refractivity contribution in [2.45, 2.75) is 46.2 Å². The fourth-order valence-corrected chi connectivity index (χ4v) is 4.17. The van der Waals surface area contributed by atoms with Crippen molar-refractivity contribution in [3.63, 3.8) is 0 Å². The smallest absolute Gasteiger partial charge is 0.223 e. The summed E-state index contributed by atoms with van der Waals surface area (Å²) in [5.74, 6) is 0.0596. The Bertz CT molecular complexity index is 827. The van der Waals surface area contributed by atoms with Crippen LogP contribution in [0.4, 0.5) is 5.69 Å². The molecule has 2 N–H and O–H groups in total. The van der Waals surface area contributed by atoms with Gasteiger partial charge in [-0.1, -0.05) is 12.1 Å². The molecule has 0 radical (unpaired) electrons. The maximum Gasteiger partial charge on any atom is 0.223 e. The van der Waals surface area contributed by atoms with Gasteiger partial charge in [0.1, 0.15) is 0 Å². The number of carbonyl (C=O) groups excluding carboxylic acids is 2. The standard InChI is InChI=1S/C21H28N4O2S/c1-14(18-5-4-6-19(11-18)23-15(2)26)22-21(27)17-7-9-25(10-8-17)12-20-13-28-16(3)24-20/h4-6,11,13-14,17H,7-10,12H2,1-3H3,(H,22,27)(H,23,26). The number of hydrogen-bond acceptors (Lipinski definition) is 5. The Kier molecular flexibility index (Phi) is 6.80. The Labute approximate surface area is 170 Å². The third kappa shape index (κ3) is 5.62. The first-order chi connectivity index (χ1) is 13.4. The molecule has 1 saturated heterocycles. The molecule has 0 saturated carbocycles. The largest absolute Gasteiger partial charge is 0.349 e. The van der Waals surface area contributed by atoms with E-state index in [0.717, 1.165) is 54.4 Å². The molecular formula is C21H28N4O2S. The molecule has 0 aliphatic carbocycles. The first-order valence-corrected chi connectivity index (χ1v) is 10.6. The fourth-order valence-electron chi connectivity index (χ4n) is 3.57. The van der Waals surface area contributed by atoms with Gasteiger partial charge in [-0.05, 0) is 57.5 Å². The average molecular weight is 401 g/mol. The second-order valence-electron chi connectivity index (χ2n) is 7.45. The zero-order valence-corrected chi connectivity index (χ0v) is 17.5. The molecule has 0 bridgehead atoms. The SMILES string of the molecule is CC(=O)Nc1cccc(C(C)NC(=O)C2CCN(Cc3csc(C)n3)CC2)c1. The number of benzene rings is 1. The number of anilines is 1. The van der Waals surface area contributed by atoms with Crippen LogP contribution in [0.3, 0.4) is 0 Å². The molecule has 6 nitrogen and oxygen atoms in total. The summed E-state index contributed by atoms with van der Waals surface area (Å²) in [5, 5.41) is 9.13. The predicted octanol–water partition coefficient (Wildman–Crippen LogP) is 3.50. The van der Waals surface area contributed by atoms with Crippen molar-refractivity contribution in [1.29, 1.82) is 0 Å². The van der Waals surface area contributed by atoms with Gasteiger partial charge in [0.15, 0.2) is 0 Å². The van der Waals surface area contributed by atoms with Crippen LogP contribution < -0.4 is 10.6 Å². The number of likely N-dealkylation sites (tertiary alicyclic amines) is 1. The molecule has 0 spiro atoms. The van der Waals surface area contributed by atoms with E-state index in [0.29, 0.717) is 0 Å². The van der Waals surface area contributed by atoms with E-state index in [1.807, 2.05) is 38.1 Å². The first-order valence-electron chi connectivity index (χ1n) is 9.72. The third-order valence-corrected chi connectivity index (χ3v) is 5.90. The van der Waals surface area contributed by atoms with Crippen LogP contribution in [0.15, 0.2) is 29.6 Å². The highest BCUT2D eigenvalue weighted by molar-refractivity contribution is 7.09. The van der Waals surface area contributed by atoms with Gasteiger partial charge in [-0.25, -0.2) is 4.98 Å². The van der Waals surface area contributed by atoms with Gasteiger partial charge in [0.05, 0.1) is 16.7 Å². The lowest BCUT2D eigenvalue weighted by Crippen LogP contribution is -2.40. The topological polar surface area (TPSA) is 74.3 Å². The molecule has 150 valence electrons. The van der Waals surface area contributed by atoms with Gasteiger partial charge in [-0.2, -0.15) is 0 Å². The molecule has 1 unspecified atom stereocenters. The predicted molar refractivity (Wildman–Crippen MR) is 112 cm³/mol. The first kappa shape index (κ1) is 20.5. The van der Waals surface area contributed by atoms with Gasteiger partial charge in [0, 0.05) is 30.5 Å². The minimum atomic E-state index is -0.103. The van der Waals surface area contributed by atoms with Crippen LogP contribution >= 0.6 is 11.3 Å². The number of aromatic nitrogens is 1. The molecule has 2 aromatic rings. The van der Waals surface area contributed by atoms with Gasteiger partial charge in [0.25, 0.3) is 0 Å². The Morgan fingerprint density at radius 1 is 1.32 bits per heavy atom. The van der Waals surface area contributed by atoms with Crippen molar-refractivity contribution in [3.05, 3.63) is 45.9 Å². The van der Waals surface area contributed by atoms with Gasteiger partial charge < -0.3 is 10.6 Å². The van der Waals surface area contributed by atoms with Crippen LogP contribution in [0.1, 0.15) is 49.0 Å². The van der Waals surface area contributed by atoms with E-state index in [1.54, 1.807) is 11.3 Å². The van der Waals surface area contributed by atoms with Gasteiger partial charge >= 0.3 is 0 Å². The van der Waals surface area contributed by atoms with Crippen molar-refractivity contribution < 1.29 is 9.59 Å². The van der Waals surface area contributed by atoms with Gasteiger partial charge in [-0.15, -0.1) is 11.3 Å². The highest BCUT2D eigenvalue weighted by Gasteiger charge is 2.26. The molecule has 28 heavy (non-hydrogen) atoms. The molecule has 1 fully saturated rings. The zero-order valence-electron chi connectivity index (χ0n) is 16.7. The Balaban J connectivity index is 1.49. The summed E-state index contributed by atoms with van der Waals surface area (Å²) in [7, 11) is 0. The molecule has 1 aromatic carbocycles. The minimum Gasteiger partial charge on any atom is -0.349 e. The lowest BCUT2D eigenvalue weighted by molar-refractivity contribution is -0.127. The average Bonchev–Trinajstić information content (AvgIpc) is 3.06. The number of rotatable bonds is 6. The summed E-state index contributed by atoms with van der Waals surface area (Å²) < 4.78 is 0. The Morgan fingerprint density at radius 2 is 2.07 bits per heavy atom. The van der Waals surface area contributed by atoms with Crippen LogP contribution in [0.2, 0.25) is 0 Å². The summed E-state index contributed by atoms with van der Waals surface area (Å²) in [6.07, 6.45) is 1.74. The summed E-state index contributed by atoms with van der Waals surface area (Å²) in [4.78, 5) is 30.8. The number of hydrogen-bond donors (Lipinski definition) is 2. The maximum absolute atomic E-state index is 12.7. The molecule has 7 heteroatoms. The molecule has 1 atom stereocenters. The molecular weight excluding hydrogens is 372 g/mol. The third-order valence-electron chi connectivity index (χ3n) is 5.08. The van der Waals surface area contributed by atoms with Crippen LogP contribution in [-0.2, 0) is 16.1 Å². The number of aryl methyl sites for hydroxylation is 1. The normalized spacial score (nSPS) is 16.5. The fraction of sp³-hybridized carbons (Fsp3) is 0.476. The molecule has 3 rings (SSSR count).